The van der Waals surface area contributed by atoms with Crippen LogP contribution in [0.2, 0.25) is 0 Å². The Kier molecular flexibility index (Phi) is 9.92. The van der Waals surface area contributed by atoms with Gasteiger partial charge in [0.2, 0.25) is 10.0 Å². The molecule has 0 saturated heterocycles. The Morgan fingerprint density at radius 3 is 1.52 bits per heavy atom. The maximum absolute atomic E-state index is 12.5. The van der Waals surface area contributed by atoms with Gasteiger partial charge in [-0.25, -0.2) is 33.7 Å². The SMILES string of the molecule is CS(=O)(=O)Nc1cccc(S(=O)(=O)Nc2cc(S(=O)(=O)[O-])cc(S(=O)(=O)[O-])c2)c1.[Li+].[Li+]. The van der Waals surface area contributed by atoms with E-state index in [1.54, 1.807) is 0 Å². The van der Waals surface area contributed by atoms with Crippen LogP contribution in [0.15, 0.2) is 57.2 Å². The third-order valence-electron chi connectivity index (χ3n) is 3.16. The molecule has 18 heteroatoms. The Bertz CT molecular complexity index is 1340. The van der Waals surface area contributed by atoms with E-state index < -0.39 is 60.7 Å². The predicted octanol–water partition coefficient (Wildman–Crippen LogP) is -6.32. The van der Waals surface area contributed by atoms with Crippen LogP contribution in [0.4, 0.5) is 11.4 Å². The van der Waals surface area contributed by atoms with Gasteiger partial charge in [0.15, 0.2) is 0 Å². The summed E-state index contributed by atoms with van der Waals surface area (Å²) < 4.78 is 119. The molecule has 2 N–H and O–H groups in total. The van der Waals surface area contributed by atoms with Gasteiger partial charge >= 0.3 is 37.7 Å². The molecule has 0 bridgehead atoms. The third kappa shape index (κ3) is 8.78. The summed E-state index contributed by atoms with van der Waals surface area (Å²) in [5.74, 6) is 0. The molecule has 0 radical (unpaired) electrons. The molecule has 0 aliphatic heterocycles. The molecule has 0 unspecified atom stereocenters. The van der Waals surface area contributed by atoms with Crippen LogP contribution in [0.25, 0.3) is 0 Å². The largest absolute Gasteiger partial charge is 1.00 e. The summed E-state index contributed by atoms with van der Waals surface area (Å²) >= 11 is 0. The van der Waals surface area contributed by atoms with Gasteiger partial charge in [-0.2, -0.15) is 0 Å². The van der Waals surface area contributed by atoms with Crippen LogP contribution in [-0.2, 0) is 40.3 Å². The maximum atomic E-state index is 12.5. The van der Waals surface area contributed by atoms with Gasteiger partial charge in [0.25, 0.3) is 10.0 Å². The van der Waals surface area contributed by atoms with E-state index in [4.69, 9.17) is 0 Å². The van der Waals surface area contributed by atoms with Crippen molar-refractivity contribution in [2.45, 2.75) is 14.7 Å². The molecule has 2 aromatic rings. The molecule has 0 spiro atoms. The first-order valence-corrected chi connectivity index (χ1v) is 13.3. The van der Waals surface area contributed by atoms with Crippen LogP contribution in [0.1, 0.15) is 0 Å². The van der Waals surface area contributed by atoms with E-state index in [1.807, 2.05) is 4.72 Å². The first kappa shape index (κ1) is 30.0. The van der Waals surface area contributed by atoms with Crippen LogP contribution in [0.5, 0.6) is 0 Å². The summed E-state index contributed by atoms with van der Waals surface area (Å²) in [6.07, 6.45) is 0.839. The minimum Gasteiger partial charge on any atom is -0.744 e. The molecule has 0 fully saturated rings. The van der Waals surface area contributed by atoms with E-state index in [-0.39, 0.29) is 43.4 Å². The van der Waals surface area contributed by atoms with Crippen molar-refractivity contribution in [1.82, 2.24) is 0 Å². The fourth-order valence-electron chi connectivity index (χ4n) is 2.07. The summed E-state index contributed by atoms with van der Waals surface area (Å²) in [5, 5.41) is 0. The fourth-order valence-corrected chi connectivity index (χ4v) is 4.88. The second-order valence-corrected chi connectivity index (χ2v) is 11.8. The van der Waals surface area contributed by atoms with Gasteiger partial charge in [0.1, 0.15) is 20.2 Å². The van der Waals surface area contributed by atoms with Gasteiger partial charge in [0.05, 0.1) is 26.6 Å². The third-order valence-corrected chi connectivity index (χ3v) is 6.77. The molecule has 0 amide bonds. The molecule has 31 heavy (non-hydrogen) atoms. The molecule has 0 aliphatic rings. The zero-order valence-corrected chi connectivity index (χ0v) is 19.5. The molecule has 0 aliphatic carbocycles. The van der Waals surface area contributed by atoms with Crippen LogP contribution >= 0.6 is 0 Å². The van der Waals surface area contributed by atoms with Gasteiger partial charge in [-0.15, -0.1) is 0 Å². The second kappa shape index (κ2) is 10.3. The minimum atomic E-state index is -5.22. The molecule has 0 atom stereocenters. The molecule has 2 aromatic carbocycles. The number of benzene rings is 2. The summed E-state index contributed by atoms with van der Waals surface area (Å²) in [6.45, 7) is 0. The van der Waals surface area contributed by atoms with Crippen LogP contribution in [-0.4, -0.2) is 49.0 Å². The van der Waals surface area contributed by atoms with Crippen molar-refractivity contribution in [1.29, 1.82) is 0 Å². The van der Waals surface area contributed by atoms with Crippen molar-refractivity contribution in [3.05, 3.63) is 42.5 Å². The number of rotatable bonds is 7. The normalized spacial score (nSPS) is 12.2. The first-order valence-electron chi connectivity index (χ1n) is 7.15. The number of nitrogens with one attached hydrogen (secondary N) is 2. The topological polar surface area (TPSA) is 207 Å². The van der Waals surface area contributed by atoms with Gasteiger partial charge in [-0.3, -0.25) is 9.44 Å². The molecule has 0 aromatic heterocycles. The molecule has 0 saturated carbocycles. The summed E-state index contributed by atoms with van der Waals surface area (Å²) in [4.78, 5) is -2.76. The Hall–Kier alpha value is -1.05. The van der Waals surface area contributed by atoms with E-state index >= 15 is 0 Å². The predicted molar refractivity (Wildman–Crippen MR) is 98.1 cm³/mol. The molecular weight excluding hydrogens is 486 g/mol. The van der Waals surface area contributed by atoms with Crippen molar-refractivity contribution >= 4 is 51.7 Å². The second-order valence-electron chi connectivity index (χ2n) is 5.61. The summed E-state index contributed by atoms with van der Waals surface area (Å²) in [6, 6.07) is 5.83. The first-order chi connectivity index (χ1) is 13.0. The van der Waals surface area contributed by atoms with E-state index in [0.29, 0.717) is 18.2 Å². The molecule has 0 heterocycles. The van der Waals surface area contributed by atoms with Gasteiger partial charge < -0.3 is 9.11 Å². The van der Waals surface area contributed by atoms with Gasteiger partial charge in [0, 0.05) is 5.69 Å². The average Bonchev–Trinajstić information content (AvgIpc) is 2.51. The van der Waals surface area contributed by atoms with Crippen LogP contribution in [0, 0.1) is 0 Å². The number of hydrogen-bond acceptors (Lipinski definition) is 10. The van der Waals surface area contributed by atoms with Crippen molar-refractivity contribution < 1.29 is 80.5 Å². The van der Waals surface area contributed by atoms with Crippen molar-refractivity contribution in [3.8, 4) is 0 Å². The quantitative estimate of drug-likeness (QED) is 0.273. The van der Waals surface area contributed by atoms with Gasteiger partial charge in [-0.05, 0) is 36.4 Å². The average molecular weight is 498 g/mol. The fraction of sp³-hybridized carbons (Fsp3) is 0.0769. The molecule has 160 valence electrons. The smallest absolute Gasteiger partial charge is 0.744 e. The van der Waals surface area contributed by atoms with E-state index in [0.717, 1.165) is 18.4 Å². The summed E-state index contributed by atoms with van der Waals surface area (Å²) in [7, 11) is -18.6. The number of sulfonamides is 2. The van der Waals surface area contributed by atoms with Crippen molar-refractivity contribution in [3.63, 3.8) is 0 Å². The standard InChI is InChI=1S/C13H14N2O10S4.2Li/c1-26(16,17)14-9-3-2-4-11(5-9)27(18,19)15-10-6-12(28(20,21)22)8-13(7-10)29(23,24)25;;/h2-8,14-15H,1H3,(H,20,21,22)(H,23,24,25);;/q;2*+1/p-2. The van der Waals surface area contributed by atoms with Crippen LogP contribution < -0.4 is 47.2 Å². The Morgan fingerprint density at radius 1 is 0.645 bits per heavy atom. The zero-order chi connectivity index (χ0) is 22.3. The summed E-state index contributed by atoms with van der Waals surface area (Å²) in [5.41, 5.74) is -0.785. The number of hydrogen-bond donors (Lipinski definition) is 2. The monoisotopic (exact) mass is 498 g/mol. The minimum absolute atomic E-state index is 0. The van der Waals surface area contributed by atoms with E-state index in [1.165, 1.54) is 12.1 Å². The molecule has 12 nitrogen and oxygen atoms in total. The Morgan fingerprint density at radius 2 is 1.10 bits per heavy atom. The maximum Gasteiger partial charge on any atom is 1.00 e. The Labute approximate surface area is 203 Å². The van der Waals surface area contributed by atoms with Gasteiger partial charge in [-0.1, -0.05) is 6.07 Å². The van der Waals surface area contributed by atoms with Crippen molar-refractivity contribution in [2.24, 2.45) is 0 Å². The van der Waals surface area contributed by atoms with Crippen molar-refractivity contribution in [2.75, 3.05) is 15.7 Å². The zero-order valence-electron chi connectivity index (χ0n) is 16.3. The number of anilines is 2. The molecule has 2 rings (SSSR count). The van der Waals surface area contributed by atoms with E-state index in [2.05, 4.69) is 4.72 Å². The Balaban J connectivity index is 0.00000450. The van der Waals surface area contributed by atoms with Crippen LogP contribution in [0.3, 0.4) is 0 Å². The van der Waals surface area contributed by atoms with E-state index in [9.17, 15) is 42.8 Å². The molecular formula is C13H12Li2N2O10S4.